The highest BCUT2D eigenvalue weighted by Gasteiger charge is 2.20. The summed E-state index contributed by atoms with van der Waals surface area (Å²) in [6, 6.07) is 0. The van der Waals surface area contributed by atoms with Crippen molar-refractivity contribution < 1.29 is 13.7 Å². The lowest BCUT2D eigenvalue weighted by atomic mass is 10.2. The first kappa shape index (κ1) is 16.5. The zero-order chi connectivity index (χ0) is 13.3. The summed E-state index contributed by atoms with van der Waals surface area (Å²) in [7, 11) is 0.463. The van der Waals surface area contributed by atoms with Gasteiger partial charge in [0.05, 0.1) is 0 Å². The van der Waals surface area contributed by atoms with E-state index in [9.17, 15) is 9.00 Å². The maximum atomic E-state index is 11.8. The standard InChI is InChI=1S/C11H24N2O3S/c1-9(7-12)8-17(15)10(2)11(14)13-5-4-6-16-3/h9-10H,4-8,12H2,1-3H3,(H,13,14). The zero-order valence-electron chi connectivity index (χ0n) is 10.9. The first-order valence-corrected chi connectivity index (χ1v) is 7.25. The molecule has 1 amide bonds. The fraction of sp³-hybridized carbons (Fsp3) is 0.909. The highest BCUT2D eigenvalue weighted by atomic mass is 32.2. The van der Waals surface area contributed by atoms with Crippen molar-refractivity contribution in [2.45, 2.75) is 25.5 Å². The third kappa shape index (κ3) is 7.46. The van der Waals surface area contributed by atoms with Crippen molar-refractivity contribution in [1.29, 1.82) is 0 Å². The van der Waals surface area contributed by atoms with E-state index >= 15 is 0 Å². The van der Waals surface area contributed by atoms with Crippen molar-refractivity contribution in [3.05, 3.63) is 0 Å². The van der Waals surface area contributed by atoms with Crippen LogP contribution in [0.4, 0.5) is 0 Å². The Morgan fingerprint density at radius 3 is 2.65 bits per heavy atom. The molecule has 3 N–H and O–H groups in total. The molecule has 0 saturated carbocycles. The maximum absolute atomic E-state index is 11.8. The molecule has 0 heterocycles. The minimum absolute atomic E-state index is 0.163. The summed E-state index contributed by atoms with van der Waals surface area (Å²) < 4.78 is 16.7. The predicted octanol–water partition coefficient (Wildman–Crippen LogP) is -0.129. The smallest absolute Gasteiger partial charge is 0.235 e. The first-order chi connectivity index (χ1) is 8.02. The fourth-order valence-corrected chi connectivity index (χ4v) is 2.49. The lowest BCUT2D eigenvalue weighted by Gasteiger charge is -2.14. The summed E-state index contributed by atoms with van der Waals surface area (Å²) in [5, 5.41) is 2.27. The van der Waals surface area contributed by atoms with E-state index in [1.165, 1.54) is 0 Å². The lowest BCUT2D eigenvalue weighted by molar-refractivity contribution is -0.120. The fourth-order valence-electron chi connectivity index (χ4n) is 1.18. The van der Waals surface area contributed by atoms with Gasteiger partial charge in [0.15, 0.2) is 0 Å². The summed E-state index contributed by atoms with van der Waals surface area (Å²) in [6.07, 6.45) is 0.765. The van der Waals surface area contributed by atoms with Gasteiger partial charge in [0.2, 0.25) is 5.91 Å². The van der Waals surface area contributed by atoms with Crippen molar-refractivity contribution in [2.24, 2.45) is 11.7 Å². The van der Waals surface area contributed by atoms with Gasteiger partial charge >= 0.3 is 0 Å². The number of nitrogens with two attached hydrogens (primary N) is 1. The maximum Gasteiger partial charge on any atom is 0.235 e. The van der Waals surface area contributed by atoms with Crippen LogP contribution in [0.5, 0.6) is 0 Å². The number of methoxy groups -OCH3 is 1. The van der Waals surface area contributed by atoms with Gasteiger partial charge in [-0.25, -0.2) is 0 Å². The van der Waals surface area contributed by atoms with Crippen molar-refractivity contribution in [1.82, 2.24) is 5.32 Å². The summed E-state index contributed by atoms with van der Waals surface area (Å²) in [6.45, 7) is 5.28. The molecule has 0 aliphatic heterocycles. The Morgan fingerprint density at radius 1 is 1.47 bits per heavy atom. The lowest BCUT2D eigenvalue weighted by Crippen LogP contribution is -2.38. The molecule has 0 radical (unpaired) electrons. The molecule has 3 unspecified atom stereocenters. The number of rotatable bonds is 9. The SMILES string of the molecule is COCCCNC(=O)C(C)S(=O)CC(C)CN. The van der Waals surface area contributed by atoms with Gasteiger partial charge in [0, 0.05) is 36.8 Å². The number of ether oxygens (including phenoxy) is 1. The molecule has 17 heavy (non-hydrogen) atoms. The monoisotopic (exact) mass is 264 g/mol. The van der Waals surface area contributed by atoms with Crippen LogP contribution in [0.3, 0.4) is 0 Å². The molecule has 0 aliphatic rings. The van der Waals surface area contributed by atoms with E-state index in [2.05, 4.69) is 5.32 Å². The molecule has 0 aromatic heterocycles. The Hall–Kier alpha value is -0.460. The molecule has 102 valence electrons. The summed E-state index contributed by atoms with van der Waals surface area (Å²) in [5.74, 6) is 0.492. The first-order valence-electron chi connectivity index (χ1n) is 5.86. The minimum atomic E-state index is -1.16. The molecular formula is C11H24N2O3S. The molecule has 0 saturated heterocycles. The van der Waals surface area contributed by atoms with Gasteiger partial charge in [0.25, 0.3) is 0 Å². The highest BCUT2D eigenvalue weighted by molar-refractivity contribution is 7.86. The second-order valence-electron chi connectivity index (χ2n) is 4.17. The molecule has 6 heteroatoms. The number of amides is 1. The number of hydrogen-bond acceptors (Lipinski definition) is 4. The van der Waals surface area contributed by atoms with Crippen LogP contribution in [0.15, 0.2) is 0 Å². The number of nitrogens with one attached hydrogen (secondary N) is 1. The number of carbonyl (C=O) groups excluding carboxylic acids is 1. The van der Waals surface area contributed by atoms with Crippen LogP contribution in [-0.4, -0.2) is 47.9 Å². The Morgan fingerprint density at radius 2 is 2.12 bits per heavy atom. The van der Waals surface area contributed by atoms with E-state index in [0.717, 1.165) is 6.42 Å². The Labute approximate surface area is 106 Å². The van der Waals surface area contributed by atoms with Gasteiger partial charge in [-0.2, -0.15) is 0 Å². The van der Waals surface area contributed by atoms with Gasteiger partial charge in [0.1, 0.15) is 5.25 Å². The van der Waals surface area contributed by atoms with Gasteiger partial charge in [-0.05, 0) is 25.8 Å². The topological polar surface area (TPSA) is 81.4 Å². The van der Waals surface area contributed by atoms with Crippen molar-refractivity contribution >= 4 is 16.7 Å². The molecule has 0 spiro atoms. The minimum Gasteiger partial charge on any atom is -0.385 e. The second kappa shape index (κ2) is 9.56. The zero-order valence-corrected chi connectivity index (χ0v) is 11.7. The van der Waals surface area contributed by atoms with Crippen LogP contribution in [0, 0.1) is 5.92 Å². The molecule has 0 aromatic rings. The number of carbonyl (C=O) groups is 1. The van der Waals surface area contributed by atoms with E-state index in [4.69, 9.17) is 10.5 Å². The van der Waals surface area contributed by atoms with Crippen LogP contribution in [0.2, 0.25) is 0 Å². The quantitative estimate of drug-likeness (QED) is 0.569. The Balaban J connectivity index is 3.90. The molecule has 0 aromatic carbocycles. The normalized spacial score (nSPS) is 16.2. The number of hydrogen-bond donors (Lipinski definition) is 2. The van der Waals surface area contributed by atoms with E-state index < -0.39 is 16.0 Å². The third-order valence-corrected chi connectivity index (χ3v) is 4.34. The summed E-state index contributed by atoms with van der Waals surface area (Å²) >= 11 is 0. The average molecular weight is 264 g/mol. The van der Waals surface area contributed by atoms with Crippen LogP contribution in [0.1, 0.15) is 20.3 Å². The highest BCUT2D eigenvalue weighted by Crippen LogP contribution is 2.02. The molecular weight excluding hydrogens is 240 g/mol. The van der Waals surface area contributed by atoms with Crippen LogP contribution < -0.4 is 11.1 Å². The molecule has 3 atom stereocenters. The van der Waals surface area contributed by atoms with Gasteiger partial charge in [-0.15, -0.1) is 0 Å². The van der Waals surface area contributed by atoms with Crippen molar-refractivity contribution in [3.63, 3.8) is 0 Å². The predicted molar refractivity (Wildman–Crippen MR) is 70.2 cm³/mol. The van der Waals surface area contributed by atoms with Crippen molar-refractivity contribution in [3.8, 4) is 0 Å². The van der Waals surface area contributed by atoms with Crippen LogP contribution in [-0.2, 0) is 20.3 Å². The van der Waals surface area contributed by atoms with E-state index in [1.807, 2.05) is 6.92 Å². The summed E-state index contributed by atoms with van der Waals surface area (Å²) in [4.78, 5) is 11.6. The summed E-state index contributed by atoms with van der Waals surface area (Å²) in [5.41, 5.74) is 5.46. The van der Waals surface area contributed by atoms with Gasteiger partial charge < -0.3 is 15.8 Å². The molecule has 0 bridgehead atoms. The molecule has 0 aliphatic carbocycles. The van der Waals surface area contributed by atoms with Crippen LogP contribution >= 0.6 is 0 Å². The van der Waals surface area contributed by atoms with E-state index in [1.54, 1.807) is 14.0 Å². The van der Waals surface area contributed by atoms with Gasteiger partial charge in [-0.1, -0.05) is 6.92 Å². The Bertz CT molecular complexity index is 249. The average Bonchev–Trinajstić information content (AvgIpc) is 2.33. The second-order valence-corrected chi connectivity index (χ2v) is 5.97. The largest absolute Gasteiger partial charge is 0.385 e. The van der Waals surface area contributed by atoms with Crippen LogP contribution in [0.25, 0.3) is 0 Å². The molecule has 5 nitrogen and oxygen atoms in total. The Kier molecular flexibility index (Phi) is 9.30. The van der Waals surface area contributed by atoms with E-state index in [0.29, 0.717) is 25.4 Å². The molecule has 0 fully saturated rings. The van der Waals surface area contributed by atoms with Gasteiger partial charge in [-0.3, -0.25) is 9.00 Å². The molecule has 0 rings (SSSR count). The van der Waals surface area contributed by atoms with Crippen molar-refractivity contribution in [2.75, 3.05) is 32.6 Å². The third-order valence-electron chi connectivity index (χ3n) is 2.44. The van der Waals surface area contributed by atoms with E-state index in [-0.39, 0.29) is 11.8 Å².